The van der Waals surface area contributed by atoms with Crippen molar-refractivity contribution in [3.05, 3.63) is 38.9 Å². The molecule has 1 saturated carbocycles. The third-order valence-electron chi connectivity index (χ3n) is 3.20. The number of benzene rings is 1. The van der Waals surface area contributed by atoms with Crippen LogP contribution < -0.4 is 0 Å². The van der Waals surface area contributed by atoms with Crippen LogP contribution in [0.25, 0.3) is 0 Å². The Balaban J connectivity index is 2.22. The van der Waals surface area contributed by atoms with Gasteiger partial charge in [-0.1, -0.05) is 11.6 Å². The van der Waals surface area contributed by atoms with Gasteiger partial charge in [0, 0.05) is 24.2 Å². The summed E-state index contributed by atoms with van der Waals surface area (Å²) in [7, 11) is 0. The molecular weight excluding hydrogens is 300 g/mol. The lowest BCUT2D eigenvalue weighted by Crippen LogP contribution is -2.35. The first-order chi connectivity index (χ1) is 9.90. The highest BCUT2D eigenvalue weighted by Crippen LogP contribution is 2.30. The third-order valence-corrected chi connectivity index (χ3v) is 3.52. The average molecular weight is 313 g/mol. The predicted molar refractivity (Wildman–Crippen MR) is 74.4 cm³/mol. The van der Waals surface area contributed by atoms with E-state index >= 15 is 0 Å². The number of carbonyl (C=O) groups is 2. The Hall–Kier alpha value is -2.15. The van der Waals surface area contributed by atoms with Crippen molar-refractivity contribution < 1.29 is 19.6 Å². The number of hydrogen-bond donors (Lipinski definition) is 1. The summed E-state index contributed by atoms with van der Waals surface area (Å²) in [4.78, 5) is 34.7. The van der Waals surface area contributed by atoms with Crippen molar-refractivity contribution in [1.29, 1.82) is 0 Å². The summed E-state index contributed by atoms with van der Waals surface area (Å²) in [5.41, 5.74) is -0.195. The molecule has 0 atom stereocenters. The summed E-state index contributed by atoms with van der Waals surface area (Å²) in [6, 6.07) is 3.86. The highest BCUT2D eigenvalue weighted by molar-refractivity contribution is 6.32. The second-order valence-electron chi connectivity index (χ2n) is 4.80. The SMILES string of the molecule is O=C(O)CCN(C(=O)c1ccc(Cl)c([N+](=O)[O-])c1)C1CC1. The largest absolute Gasteiger partial charge is 0.481 e. The molecule has 0 saturated heterocycles. The van der Waals surface area contributed by atoms with Crippen molar-refractivity contribution in [2.24, 2.45) is 0 Å². The standard InChI is InChI=1S/C13H13ClN2O5/c14-10-4-1-8(7-11(10)16(20)21)13(19)15(9-2-3-9)6-5-12(17)18/h1,4,7,9H,2-3,5-6H2,(H,17,18). The zero-order chi connectivity index (χ0) is 15.6. The maximum atomic E-state index is 12.4. The lowest BCUT2D eigenvalue weighted by atomic mass is 10.1. The number of halogens is 1. The van der Waals surface area contributed by atoms with Crippen molar-refractivity contribution in [3.63, 3.8) is 0 Å². The van der Waals surface area contributed by atoms with E-state index in [1.54, 1.807) is 0 Å². The second-order valence-corrected chi connectivity index (χ2v) is 5.20. The molecule has 0 bridgehead atoms. The average Bonchev–Trinajstić information content (AvgIpc) is 3.23. The Labute approximate surface area is 125 Å². The molecule has 0 radical (unpaired) electrons. The van der Waals surface area contributed by atoms with Gasteiger partial charge in [0.15, 0.2) is 0 Å². The Kier molecular flexibility index (Phi) is 4.42. The van der Waals surface area contributed by atoms with E-state index in [9.17, 15) is 19.7 Å². The van der Waals surface area contributed by atoms with Crippen molar-refractivity contribution in [3.8, 4) is 0 Å². The molecule has 1 amide bonds. The van der Waals surface area contributed by atoms with Crippen LogP contribution >= 0.6 is 11.6 Å². The van der Waals surface area contributed by atoms with Gasteiger partial charge in [-0.3, -0.25) is 19.7 Å². The molecule has 1 N–H and O–H groups in total. The maximum Gasteiger partial charge on any atom is 0.305 e. The minimum Gasteiger partial charge on any atom is -0.481 e. The molecule has 7 nitrogen and oxygen atoms in total. The maximum absolute atomic E-state index is 12.4. The van der Waals surface area contributed by atoms with Gasteiger partial charge in [0.25, 0.3) is 11.6 Å². The van der Waals surface area contributed by atoms with Crippen LogP contribution in [0.2, 0.25) is 5.02 Å². The zero-order valence-electron chi connectivity index (χ0n) is 11.0. The number of nitro benzene ring substituents is 1. The molecule has 0 aliphatic heterocycles. The summed E-state index contributed by atoms with van der Waals surface area (Å²) in [5.74, 6) is -1.39. The molecular formula is C13H13ClN2O5. The van der Waals surface area contributed by atoms with Gasteiger partial charge in [-0.05, 0) is 25.0 Å². The molecule has 2 rings (SSSR count). The molecule has 1 fully saturated rings. The van der Waals surface area contributed by atoms with E-state index in [1.807, 2.05) is 0 Å². The highest BCUT2D eigenvalue weighted by atomic mass is 35.5. The topological polar surface area (TPSA) is 101 Å². The molecule has 0 heterocycles. The second kappa shape index (κ2) is 6.09. The Morgan fingerprint density at radius 1 is 1.43 bits per heavy atom. The number of nitro groups is 1. The smallest absolute Gasteiger partial charge is 0.305 e. The normalized spacial score (nSPS) is 13.8. The van der Waals surface area contributed by atoms with Crippen LogP contribution in [0.3, 0.4) is 0 Å². The van der Waals surface area contributed by atoms with Gasteiger partial charge >= 0.3 is 5.97 Å². The summed E-state index contributed by atoms with van der Waals surface area (Å²) in [6.45, 7) is 0.0925. The van der Waals surface area contributed by atoms with Crippen LogP contribution in [0.15, 0.2) is 18.2 Å². The summed E-state index contributed by atoms with van der Waals surface area (Å²) >= 11 is 5.71. The van der Waals surface area contributed by atoms with Gasteiger partial charge in [0.2, 0.25) is 0 Å². The van der Waals surface area contributed by atoms with Crippen LogP contribution in [0, 0.1) is 10.1 Å². The number of nitrogens with zero attached hydrogens (tertiary/aromatic N) is 2. The van der Waals surface area contributed by atoms with Gasteiger partial charge in [0.1, 0.15) is 5.02 Å². The van der Waals surface area contributed by atoms with E-state index in [2.05, 4.69) is 0 Å². The van der Waals surface area contributed by atoms with Gasteiger partial charge in [-0.2, -0.15) is 0 Å². The van der Waals surface area contributed by atoms with E-state index < -0.39 is 16.8 Å². The number of carboxylic acid groups (broad SMARTS) is 1. The molecule has 1 aromatic carbocycles. The first-order valence-electron chi connectivity index (χ1n) is 6.37. The molecule has 0 unspecified atom stereocenters. The van der Waals surface area contributed by atoms with E-state index in [0.717, 1.165) is 18.9 Å². The molecule has 1 aliphatic carbocycles. The Morgan fingerprint density at radius 2 is 2.10 bits per heavy atom. The van der Waals surface area contributed by atoms with Gasteiger partial charge in [-0.15, -0.1) is 0 Å². The monoisotopic (exact) mass is 312 g/mol. The Bertz CT molecular complexity index is 600. The molecule has 1 aromatic rings. The van der Waals surface area contributed by atoms with E-state index in [4.69, 9.17) is 16.7 Å². The fourth-order valence-corrected chi connectivity index (χ4v) is 2.19. The number of aliphatic carboxylic acids is 1. The number of hydrogen-bond acceptors (Lipinski definition) is 4. The van der Waals surface area contributed by atoms with Gasteiger partial charge in [0.05, 0.1) is 11.3 Å². The Morgan fingerprint density at radius 3 is 2.62 bits per heavy atom. The van der Waals surface area contributed by atoms with Crippen LogP contribution in [0.4, 0.5) is 5.69 Å². The van der Waals surface area contributed by atoms with Crippen molar-refractivity contribution in [1.82, 2.24) is 4.90 Å². The lowest BCUT2D eigenvalue weighted by Gasteiger charge is -2.21. The quantitative estimate of drug-likeness (QED) is 0.641. The first kappa shape index (κ1) is 15.2. The fraction of sp³-hybridized carbons (Fsp3) is 0.385. The number of carboxylic acids is 1. The van der Waals surface area contributed by atoms with Gasteiger partial charge in [-0.25, -0.2) is 0 Å². The van der Waals surface area contributed by atoms with E-state index in [1.165, 1.54) is 17.0 Å². The molecule has 0 aromatic heterocycles. The van der Waals surface area contributed by atoms with Crippen molar-refractivity contribution in [2.75, 3.05) is 6.54 Å². The minimum atomic E-state index is -0.990. The van der Waals surface area contributed by atoms with Gasteiger partial charge < -0.3 is 10.0 Å². The van der Waals surface area contributed by atoms with E-state index in [0.29, 0.717) is 0 Å². The molecule has 8 heteroatoms. The summed E-state index contributed by atoms with van der Waals surface area (Å²) < 4.78 is 0. The fourth-order valence-electron chi connectivity index (χ4n) is 2.00. The number of amides is 1. The molecule has 1 aliphatic rings. The highest BCUT2D eigenvalue weighted by Gasteiger charge is 2.33. The summed E-state index contributed by atoms with van der Waals surface area (Å²) in [5, 5.41) is 19.5. The molecule has 0 spiro atoms. The lowest BCUT2D eigenvalue weighted by molar-refractivity contribution is -0.384. The van der Waals surface area contributed by atoms with E-state index in [-0.39, 0.29) is 35.3 Å². The minimum absolute atomic E-state index is 0.0200. The van der Waals surface area contributed by atoms with Crippen molar-refractivity contribution in [2.45, 2.75) is 25.3 Å². The van der Waals surface area contributed by atoms with Crippen LogP contribution in [-0.4, -0.2) is 39.4 Å². The number of rotatable bonds is 6. The summed E-state index contributed by atoms with van der Waals surface area (Å²) in [6.07, 6.45) is 1.49. The van der Waals surface area contributed by atoms with Crippen LogP contribution in [0.5, 0.6) is 0 Å². The first-order valence-corrected chi connectivity index (χ1v) is 6.74. The van der Waals surface area contributed by atoms with Crippen molar-refractivity contribution >= 4 is 29.2 Å². The third kappa shape index (κ3) is 3.69. The predicted octanol–water partition coefficient (Wildman–Crippen LogP) is 2.33. The zero-order valence-corrected chi connectivity index (χ0v) is 11.7. The molecule has 112 valence electrons. The van der Waals surface area contributed by atoms with Crippen LogP contribution in [0.1, 0.15) is 29.6 Å². The number of carbonyl (C=O) groups excluding carboxylic acids is 1. The molecule has 21 heavy (non-hydrogen) atoms. The van der Waals surface area contributed by atoms with Crippen LogP contribution in [-0.2, 0) is 4.79 Å².